The highest BCUT2D eigenvalue weighted by atomic mass is 32.2. The van der Waals surface area contributed by atoms with E-state index in [0.717, 1.165) is 4.90 Å². The van der Waals surface area contributed by atoms with Crippen molar-refractivity contribution in [2.45, 2.75) is 42.7 Å². The summed E-state index contributed by atoms with van der Waals surface area (Å²) in [5.74, 6) is -3.60. The molecule has 1 aromatic carbocycles. The Hall–Kier alpha value is -4.05. The summed E-state index contributed by atoms with van der Waals surface area (Å²) in [5, 5.41) is 28.7. The van der Waals surface area contributed by atoms with E-state index in [0.29, 0.717) is 19.3 Å². The van der Waals surface area contributed by atoms with E-state index in [2.05, 4.69) is 15.4 Å². The van der Waals surface area contributed by atoms with Crippen LogP contribution in [-0.4, -0.2) is 86.5 Å². The molecule has 15 nitrogen and oxygen atoms in total. The van der Waals surface area contributed by atoms with Gasteiger partial charge in [0.25, 0.3) is 0 Å². The van der Waals surface area contributed by atoms with E-state index in [1.807, 2.05) is 0 Å². The highest BCUT2D eigenvalue weighted by molar-refractivity contribution is 7.89. The maximum atomic E-state index is 13.0. The number of amides is 2. The Labute approximate surface area is 214 Å². The van der Waals surface area contributed by atoms with Crippen LogP contribution in [0.15, 0.2) is 29.2 Å². The average molecular weight is 541 g/mol. The van der Waals surface area contributed by atoms with Gasteiger partial charge in [0.15, 0.2) is 5.96 Å². The van der Waals surface area contributed by atoms with Crippen LogP contribution < -0.4 is 26.8 Å². The van der Waals surface area contributed by atoms with Crippen molar-refractivity contribution >= 4 is 45.9 Å². The number of rotatable bonds is 16. The van der Waals surface area contributed by atoms with Gasteiger partial charge >= 0.3 is 5.97 Å². The molecule has 2 amide bonds. The van der Waals surface area contributed by atoms with Crippen LogP contribution in [0.2, 0.25) is 0 Å². The Balaban J connectivity index is 2.94. The number of carbonyl (C=O) groups is 4. The fourth-order valence-electron chi connectivity index (χ4n) is 3.21. The van der Waals surface area contributed by atoms with Crippen molar-refractivity contribution in [3.8, 4) is 0 Å². The van der Waals surface area contributed by atoms with Crippen LogP contribution in [0, 0.1) is 10.8 Å². The molecule has 0 radical (unpaired) electrons. The van der Waals surface area contributed by atoms with Gasteiger partial charge in [-0.05, 0) is 31.4 Å². The zero-order valence-corrected chi connectivity index (χ0v) is 21.0. The number of sulfonamides is 1. The molecule has 1 aromatic rings. The maximum absolute atomic E-state index is 13.0. The molecule has 16 heteroatoms. The summed E-state index contributed by atoms with van der Waals surface area (Å²) in [6, 6.07) is 2.95. The summed E-state index contributed by atoms with van der Waals surface area (Å²) in [6.45, 7) is -0.226. The van der Waals surface area contributed by atoms with Gasteiger partial charge in [-0.3, -0.25) is 25.2 Å². The second-order valence-corrected chi connectivity index (χ2v) is 9.69. The molecule has 37 heavy (non-hydrogen) atoms. The monoisotopic (exact) mass is 540 g/mol. The van der Waals surface area contributed by atoms with Crippen molar-refractivity contribution in [3.05, 3.63) is 29.8 Å². The lowest BCUT2D eigenvalue weighted by atomic mass is 10.1. The number of guanidine groups is 1. The second-order valence-electron chi connectivity index (χ2n) is 8.00. The van der Waals surface area contributed by atoms with E-state index in [1.165, 1.54) is 31.3 Å². The molecule has 0 saturated heterocycles. The molecule has 0 saturated carbocycles. The van der Waals surface area contributed by atoms with Gasteiger partial charge in [-0.1, -0.05) is 12.1 Å². The van der Waals surface area contributed by atoms with Crippen LogP contribution in [-0.2, 0) is 29.2 Å². The number of amidine groups is 1. The predicted molar refractivity (Wildman–Crippen MR) is 133 cm³/mol. The number of aliphatic carboxylic acids is 1. The summed E-state index contributed by atoms with van der Waals surface area (Å²) in [7, 11) is -3.20. The number of hydrogen-bond donors (Lipinski definition) is 8. The number of nitrogens with two attached hydrogens (primary N) is 2. The topological polar surface area (TPSA) is 262 Å². The number of benzene rings is 1. The molecule has 1 rings (SSSR count). The quantitative estimate of drug-likeness (QED) is 0.0489. The number of nitrogens with one attached hydrogen (secondary N) is 5. The van der Waals surface area contributed by atoms with Gasteiger partial charge in [0.2, 0.25) is 21.8 Å². The Kier molecular flexibility index (Phi) is 12.1. The summed E-state index contributed by atoms with van der Waals surface area (Å²) >= 11 is 0. The summed E-state index contributed by atoms with van der Waals surface area (Å²) < 4.78 is 28.1. The van der Waals surface area contributed by atoms with Crippen LogP contribution in [0.25, 0.3) is 0 Å². The maximum Gasteiger partial charge on any atom is 0.303 e. The molecule has 0 fully saturated rings. The van der Waals surface area contributed by atoms with Gasteiger partial charge in [0, 0.05) is 25.6 Å². The van der Waals surface area contributed by atoms with Crippen molar-refractivity contribution < 1.29 is 32.7 Å². The molecule has 204 valence electrons. The van der Waals surface area contributed by atoms with Crippen LogP contribution in [0.4, 0.5) is 0 Å². The van der Waals surface area contributed by atoms with E-state index < -0.39 is 65.1 Å². The number of nitrogens with zero attached hydrogens (tertiary/aromatic N) is 1. The second kappa shape index (κ2) is 14.5. The van der Waals surface area contributed by atoms with Crippen molar-refractivity contribution in [1.82, 2.24) is 20.3 Å². The molecule has 0 aliphatic heterocycles. The number of carboxylic acid groups (broad SMARTS) is 1. The predicted octanol–water partition coefficient (Wildman–Crippen LogP) is -2.11. The third-order valence-electron chi connectivity index (χ3n) is 4.98. The number of carboxylic acids is 1. The Morgan fingerprint density at radius 3 is 2.38 bits per heavy atom. The number of nitrogen functional groups attached to an aromatic ring is 1. The fourth-order valence-corrected chi connectivity index (χ4v) is 4.65. The standard InChI is InChI=1S/C21H32N8O7S/c1-29(11-17(31)27-13(12-30)5-4-10-26-21(24)25)20(34)15(8-9-18(32)33)28-37(35,36)16-7-3-2-6-14(16)19(22)23/h2-3,6-7,12-13,15,28H,4-5,8-11H2,1H3,(H3,22,23)(H,27,31)(H,32,33)(H4,24,25,26)/t13-,15-/m0/s1. The lowest BCUT2D eigenvalue weighted by Gasteiger charge is -2.25. The largest absolute Gasteiger partial charge is 0.481 e. The number of hydrogen-bond acceptors (Lipinski definition) is 8. The molecule has 10 N–H and O–H groups in total. The first-order valence-electron chi connectivity index (χ1n) is 11.0. The van der Waals surface area contributed by atoms with E-state index in [-0.39, 0.29) is 22.8 Å². The summed E-state index contributed by atoms with van der Waals surface area (Å²) in [4.78, 5) is 48.3. The van der Waals surface area contributed by atoms with Crippen LogP contribution in [0.3, 0.4) is 0 Å². The van der Waals surface area contributed by atoms with E-state index >= 15 is 0 Å². The number of likely N-dealkylation sites (N-methyl/N-ethyl adjacent to an activating group) is 1. The Morgan fingerprint density at radius 1 is 1.16 bits per heavy atom. The van der Waals surface area contributed by atoms with Crippen molar-refractivity contribution in [2.24, 2.45) is 11.5 Å². The molecule has 0 bridgehead atoms. The van der Waals surface area contributed by atoms with Gasteiger partial charge in [-0.2, -0.15) is 4.72 Å². The SMILES string of the molecule is CN(CC(=O)N[C@H](C=O)CCCNC(=N)N)C(=O)[C@H](CCC(=O)O)NS(=O)(=O)c1ccccc1C(=N)N. The highest BCUT2D eigenvalue weighted by Gasteiger charge is 2.31. The van der Waals surface area contributed by atoms with Crippen LogP contribution in [0.1, 0.15) is 31.2 Å². The smallest absolute Gasteiger partial charge is 0.303 e. The highest BCUT2D eigenvalue weighted by Crippen LogP contribution is 2.16. The fraction of sp³-hybridized carbons (Fsp3) is 0.429. The lowest BCUT2D eigenvalue weighted by Crippen LogP contribution is -2.51. The third kappa shape index (κ3) is 10.6. The lowest BCUT2D eigenvalue weighted by molar-refractivity contribution is -0.139. The molecular weight excluding hydrogens is 508 g/mol. The van der Waals surface area contributed by atoms with Crippen molar-refractivity contribution in [3.63, 3.8) is 0 Å². The minimum Gasteiger partial charge on any atom is -0.481 e. The molecule has 0 heterocycles. The number of aldehydes is 1. The molecule has 0 unspecified atom stereocenters. The van der Waals surface area contributed by atoms with Gasteiger partial charge in [0.1, 0.15) is 18.2 Å². The molecule has 2 atom stereocenters. The minimum absolute atomic E-state index is 0.106. The first-order chi connectivity index (χ1) is 17.3. The van der Waals surface area contributed by atoms with Crippen LogP contribution in [0.5, 0.6) is 0 Å². The van der Waals surface area contributed by atoms with Crippen molar-refractivity contribution in [1.29, 1.82) is 10.8 Å². The van der Waals surface area contributed by atoms with Crippen molar-refractivity contribution in [2.75, 3.05) is 20.1 Å². The molecule has 0 aliphatic carbocycles. The first kappa shape index (κ1) is 31.0. The number of carbonyl (C=O) groups excluding carboxylic acids is 3. The third-order valence-corrected chi connectivity index (χ3v) is 6.51. The van der Waals surface area contributed by atoms with Gasteiger partial charge in [-0.15, -0.1) is 0 Å². The molecule has 0 spiro atoms. The first-order valence-corrected chi connectivity index (χ1v) is 12.5. The van der Waals surface area contributed by atoms with Gasteiger partial charge in [0.05, 0.1) is 17.5 Å². The Bertz CT molecular complexity index is 1130. The zero-order chi connectivity index (χ0) is 28.2. The van der Waals surface area contributed by atoms with E-state index in [9.17, 15) is 27.6 Å². The molecule has 0 aromatic heterocycles. The van der Waals surface area contributed by atoms with E-state index in [1.54, 1.807) is 0 Å². The van der Waals surface area contributed by atoms with E-state index in [4.69, 9.17) is 27.4 Å². The van der Waals surface area contributed by atoms with Gasteiger partial charge in [-0.25, -0.2) is 8.42 Å². The minimum atomic E-state index is -4.42. The summed E-state index contributed by atoms with van der Waals surface area (Å²) in [5.41, 5.74) is 10.5. The average Bonchev–Trinajstić information content (AvgIpc) is 2.82. The summed E-state index contributed by atoms with van der Waals surface area (Å²) in [6.07, 6.45) is 0.211. The normalized spacial score (nSPS) is 12.6. The zero-order valence-electron chi connectivity index (χ0n) is 20.2. The van der Waals surface area contributed by atoms with Crippen LogP contribution >= 0.6 is 0 Å². The Morgan fingerprint density at radius 2 is 1.81 bits per heavy atom. The molecule has 0 aliphatic rings. The van der Waals surface area contributed by atoms with Gasteiger partial charge < -0.3 is 36.9 Å². The molecular formula is C21H32N8O7S.